The van der Waals surface area contributed by atoms with Crippen molar-refractivity contribution in [1.29, 1.82) is 0 Å². The van der Waals surface area contributed by atoms with Crippen LogP contribution in [0.25, 0.3) is 0 Å². The second-order valence-corrected chi connectivity index (χ2v) is 6.12. The number of para-hydroxylation sites is 2. The van der Waals surface area contributed by atoms with Crippen molar-refractivity contribution >= 4 is 28.9 Å². The number of benzene rings is 2. The zero-order valence-corrected chi connectivity index (χ0v) is 14.5. The summed E-state index contributed by atoms with van der Waals surface area (Å²) < 4.78 is 5.22. The van der Waals surface area contributed by atoms with Crippen LogP contribution >= 0.6 is 0 Å². The lowest BCUT2D eigenvalue weighted by molar-refractivity contribution is -0.122. The van der Waals surface area contributed by atoms with Gasteiger partial charge < -0.3 is 20.7 Å². The van der Waals surface area contributed by atoms with Crippen LogP contribution in [0.15, 0.2) is 36.4 Å². The van der Waals surface area contributed by atoms with Gasteiger partial charge >= 0.3 is 0 Å². The Bertz CT molecular complexity index is 833. The molecule has 0 bridgehead atoms. The number of carbonyl (C=O) groups is 2. The maximum absolute atomic E-state index is 12.3. The van der Waals surface area contributed by atoms with Gasteiger partial charge in [-0.25, -0.2) is 0 Å². The highest BCUT2D eigenvalue weighted by molar-refractivity contribution is 6.06. The smallest absolute Gasteiger partial charge is 0.247 e. The number of carbonyl (C=O) groups excluding carboxylic acids is 2. The van der Waals surface area contributed by atoms with Crippen LogP contribution in [-0.4, -0.2) is 25.0 Å². The fourth-order valence-electron chi connectivity index (χ4n) is 2.79. The van der Waals surface area contributed by atoms with Gasteiger partial charge in [0.05, 0.1) is 30.6 Å². The van der Waals surface area contributed by atoms with Crippen molar-refractivity contribution in [2.45, 2.75) is 26.3 Å². The van der Waals surface area contributed by atoms with E-state index in [0.29, 0.717) is 11.4 Å². The van der Waals surface area contributed by atoms with Crippen molar-refractivity contribution in [3.05, 3.63) is 47.5 Å². The van der Waals surface area contributed by atoms with E-state index in [0.717, 1.165) is 22.5 Å². The van der Waals surface area contributed by atoms with Gasteiger partial charge in [0, 0.05) is 0 Å². The minimum Gasteiger partial charge on any atom is -0.495 e. The molecule has 1 aliphatic rings. The Morgan fingerprint density at radius 3 is 2.56 bits per heavy atom. The first-order chi connectivity index (χ1) is 12.0. The highest BCUT2D eigenvalue weighted by Crippen LogP contribution is 2.30. The molecule has 0 unspecified atom stereocenters. The Labute approximate surface area is 146 Å². The average Bonchev–Trinajstić information content (AvgIpc) is 2.58. The van der Waals surface area contributed by atoms with E-state index in [-0.39, 0.29) is 18.2 Å². The monoisotopic (exact) mass is 339 g/mol. The van der Waals surface area contributed by atoms with E-state index in [1.807, 2.05) is 38.1 Å². The third-order valence-electron chi connectivity index (χ3n) is 4.31. The van der Waals surface area contributed by atoms with Gasteiger partial charge in [-0.15, -0.1) is 0 Å². The van der Waals surface area contributed by atoms with E-state index in [1.54, 1.807) is 19.2 Å². The number of nitrogens with one attached hydrogen (secondary N) is 3. The van der Waals surface area contributed by atoms with E-state index in [4.69, 9.17) is 4.74 Å². The molecule has 0 aliphatic carbocycles. The Morgan fingerprint density at radius 1 is 1.16 bits per heavy atom. The van der Waals surface area contributed by atoms with Gasteiger partial charge in [0.25, 0.3) is 0 Å². The molecule has 130 valence electrons. The summed E-state index contributed by atoms with van der Waals surface area (Å²) in [5, 5.41) is 8.81. The second kappa shape index (κ2) is 6.84. The Hall–Kier alpha value is -3.02. The van der Waals surface area contributed by atoms with Gasteiger partial charge in [-0.2, -0.15) is 0 Å². The van der Waals surface area contributed by atoms with Crippen molar-refractivity contribution in [2.75, 3.05) is 23.1 Å². The molecule has 1 atom stereocenters. The largest absolute Gasteiger partial charge is 0.495 e. The molecule has 6 nitrogen and oxygen atoms in total. The van der Waals surface area contributed by atoms with Crippen molar-refractivity contribution < 1.29 is 14.3 Å². The van der Waals surface area contributed by atoms with Crippen molar-refractivity contribution in [3.63, 3.8) is 0 Å². The number of fused-ring (bicyclic) bond motifs is 1. The van der Waals surface area contributed by atoms with E-state index in [2.05, 4.69) is 16.0 Å². The molecule has 2 aromatic carbocycles. The van der Waals surface area contributed by atoms with Gasteiger partial charge in [0.1, 0.15) is 11.8 Å². The minimum absolute atomic E-state index is 0.0241. The van der Waals surface area contributed by atoms with Crippen LogP contribution in [0.4, 0.5) is 17.1 Å². The molecule has 2 amide bonds. The molecule has 3 N–H and O–H groups in total. The molecule has 0 radical (unpaired) electrons. The van der Waals surface area contributed by atoms with Crippen molar-refractivity contribution in [1.82, 2.24) is 0 Å². The normalized spacial score (nSPS) is 15.6. The summed E-state index contributed by atoms with van der Waals surface area (Å²) >= 11 is 0. The molecule has 3 rings (SSSR count). The lowest BCUT2D eigenvalue weighted by Crippen LogP contribution is -2.41. The zero-order valence-electron chi connectivity index (χ0n) is 14.5. The predicted octanol–water partition coefficient (Wildman–Crippen LogP) is 3.07. The molecular formula is C19H21N3O3. The number of ether oxygens (including phenoxy) is 1. The van der Waals surface area contributed by atoms with Gasteiger partial charge in [-0.05, 0) is 49.2 Å². The number of hydrogen-bond donors (Lipinski definition) is 3. The first kappa shape index (κ1) is 16.8. The quantitative estimate of drug-likeness (QED) is 0.800. The molecule has 0 saturated carbocycles. The summed E-state index contributed by atoms with van der Waals surface area (Å²) in [6, 6.07) is 10.5. The standard InChI is InChI=1S/C19H21N3O3/c1-11-8-14-15(9-12(11)2)22-19(24)16(20-14)10-18(23)21-13-6-4-5-7-17(13)25-3/h4-9,16,20H,10H2,1-3H3,(H,21,23)(H,22,24)/t16-/m1/s1. The third kappa shape index (κ3) is 3.57. The number of rotatable bonds is 4. The average molecular weight is 339 g/mol. The maximum atomic E-state index is 12.3. The molecular weight excluding hydrogens is 318 g/mol. The van der Waals surface area contributed by atoms with E-state index < -0.39 is 6.04 Å². The third-order valence-corrected chi connectivity index (χ3v) is 4.31. The van der Waals surface area contributed by atoms with Crippen LogP contribution in [-0.2, 0) is 9.59 Å². The van der Waals surface area contributed by atoms with Crippen LogP contribution in [0.3, 0.4) is 0 Å². The number of anilines is 3. The zero-order chi connectivity index (χ0) is 18.0. The topological polar surface area (TPSA) is 79.5 Å². The van der Waals surface area contributed by atoms with Crippen molar-refractivity contribution in [2.24, 2.45) is 0 Å². The highest BCUT2D eigenvalue weighted by Gasteiger charge is 2.28. The van der Waals surface area contributed by atoms with Crippen LogP contribution in [0.1, 0.15) is 17.5 Å². The lowest BCUT2D eigenvalue weighted by atomic mass is 10.0. The van der Waals surface area contributed by atoms with Crippen LogP contribution in [0.2, 0.25) is 0 Å². The molecule has 1 heterocycles. The van der Waals surface area contributed by atoms with Crippen molar-refractivity contribution in [3.8, 4) is 5.75 Å². The molecule has 0 saturated heterocycles. The first-order valence-corrected chi connectivity index (χ1v) is 8.09. The number of amides is 2. The highest BCUT2D eigenvalue weighted by atomic mass is 16.5. The molecule has 6 heteroatoms. The number of methoxy groups -OCH3 is 1. The SMILES string of the molecule is COc1ccccc1NC(=O)C[C@H]1Nc2cc(C)c(C)cc2NC1=O. The fourth-order valence-corrected chi connectivity index (χ4v) is 2.79. The lowest BCUT2D eigenvalue weighted by Gasteiger charge is -2.27. The van der Waals surface area contributed by atoms with Gasteiger partial charge in [0.2, 0.25) is 11.8 Å². The van der Waals surface area contributed by atoms with Gasteiger partial charge in [0.15, 0.2) is 0 Å². The molecule has 1 aliphatic heterocycles. The summed E-state index contributed by atoms with van der Waals surface area (Å²) in [5.74, 6) is 0.101. The molecule has 2 aromatic rings. The van der Waals surface area contributed by atoms with Gasteiger partial charge in [-0.3, -0.25) is 9.59 Å². The van der Waals surface area contributed by atoms with E-state index in [9.17, 15) is 9.59 Å². The van der Waals surface area contributed by atoms with E-state index >= 15 is 0 Å². The number of hydrogen-bond acceptors (Lipinski definition) is 4. The second-order valence-electron chi connectivity index (χ2n) is 6.12. The van der Waals surface area contributed by atoms with Crippen LogP contribution in [0.5, 0.6) is 5.75 Å². The molecule has 25 heavy (non-hydrogen) atoms. The minimum atomic E-state index is -0.621. The molecule has 0 aromatic heterocycles. The Morgan fingerprint density at radius 2 is 1.84 bits per heavy atom. The summed E-state index contributed by atoms with van der Waals surface area (Å²) in [6.45, 7) is 4.01. The fraction of sp³-hybridized carbons (Fsp3) is 0.263. The first-order valence-electron chi connectivity index (χ1n) is 8.09. The van der Waals surface area contributed by atoms with Crippen LogP contribution < -0.4 is 20.7 Å². The molecule has 0 fully saturated rings. The summed E-state index contributed by atoms with van der Waals surface area (Å²) in [6.07, 6.45) is 0.0241. The number of aryl methyl sites for hydroxylation is 2. The Balaban J connectivity index is 1.71. The summed E-state index contributed by atoms with van der Waals surface area (Å²) in [4.78, 5) is 24.6. The maximum Gasteiger partial charge on any atom is 0.247 e. The van der Waals surface area contributed by atoms with Gasteiger partial charge in [-0.1, -0.05) is 12.1 Å². The van der Waals surface area contributed by atoms with E-state index in [1.165, 1.54) is 0 Å². The molecule has 0 spiro atoms. The van der Waals surface area contributed by atoms with Crippen LogP contribution in [0, 0.1) is 13.8 Å². The Kier molecular flexibility index (Phi) is 4.61. The summed E-state index contributed by atoms with van der Waals surface area (Å²) in [7, 11) is 1.54. The predicted molar refractivity (Wildman–Crippen MR) is 98.2 cm³/mol. The summed E-state index contributed by atoms with van der Waals surface area (Å²) in [5.41, 5.74) is 4.39.